The molecule has 0 radical (unpaired) electrons. The van der Waals surface area contributed by atoms with E-state index >= 15 is 0 Å². The number of hydrogen-bond donors (Lipinski definition) is 0. The van der Waals surface area contributed by atoms with E-state index in [2.05, 4.69) is 19.9 Å². The zero-order valence-corrected chi connectivity index (χ0v) is 14.1. The number of nitrogens with zero attached hydrogens (tertiary/aromatic N) is 1. The molecule has 1 amide bonds. The summed E-state index contributed by atoms with van der Waals surface area (Å²) in [5.74, 6) is 1.04. The molecule has 2 heterocycles. The molecule has 0 bridgehead atoms. The predicted octanol–water partition coefficient (Wildman–Crippen LogP) is 4.49. The number of rotatable bonds is 4. The fourth-order valence-electron chi connectivity index (χ4n) is 2.75. The molecule has 22 heavy (non-hydrogen) atoms. The van der Waals surface area contributed by atoms with E-state index in [1.807, 2.05) is 30.1 Å². The Morgan fingerprint density at radius 1 is 1.41 bits per heavy atom. The van der Waals surface area contributed by atoms with Crippen LogP contribution in [0.15, 0.2) is 24.3 Å². The second kappa shape index (κ2) is 6.13. The average molecular weight is 315 g/mol. The van der Waals surface area contributed by atoms with Gasteiger partial charge in [0.2, 0.25) is 0 Å². The van der Waals surface area contributed by atoms with Crippen molar-refractivity contribution in [2.75, 3.05) is 13.6 Å². The molecule has 0 atom stereocenters. The van der Waals surface area contributed by atoms with Crippen molar-refractivity contribution in [3.8, 4) is 16.2 Å². The molecule has 0 aliphatic carbocycles. The van der Waals surface area contributed by atoms with E-state index in [-0.39, 0.29) is 5.91 Å². The second-order valence-electron chi connectivity index (χ2n) is 5.78. The van der Waals surface area contributed by atoms with Gasteiger partial charge in [-0.05, 0) is 31.0 Å². The monoisotopic (exact) mass is 315 g/mol. The third kappa shape index (κ3) is 2.63. The lowest BCUT2D eigenvalue weighted by Gasteiger charge is -2.19. The molecule has 1 aromatic carbocycles. The first kappa shape index (κ1) is 15.1. The SMILES string of the molecule is CCCCN(C)C(=O)c1cc2c(s1)-c1c(C)cccc1OC2. The number of hydrogen-bond acceptors (Lipinski definition) is 3. The molecule has 3 rings (SSSR count). The Hall–Kier alpha value is -1.81. The number of aryl methyl sites for hydroxylation is 1. The molecule has 1 aliphatic rings. The maximum absolute atomic E-state index is 12.6. The van der Waals surface area contributed by atoms with Crippen LogP contribution in [0, 0.1) is 6.92 Å². The minimum atomic E-state index is 0.114. The van der Waals surface area contributed by atoms with E-state index in [1.165, 1.54) is 10.4 Å². The molecular formula is C18H21NO2S. The van der Waals surface area contributed by atoms with Crippen LogP contribution in [-0.4, -0.2) is 24.4 Å². The second-order valence-corrected chi connectivity index (χ2v) is 6.83. The number of amides is 1. The Kier molecular flexibility index (Phi) is 4.21. The lowest BCUT2D eigenvalue weighted by molar-refractivity contribution is 0.0798. The van der Waals surface area contributed by atoms with Gasteiger partial charge < -0.3 is 9.64 Å². The van der Waals surface area contributed by atoms with E-state index in [0.717, 1.165) is 41.1 Å². The van der Waals surface area contributed by atoms with Gasteiger partial charge in [0.15, 0.2) is 0 Å². The summed E-state index contributed by atoms with van der Waals surface area (Å²) in [6.07, 6.45) is 2.14. The van der Waals surface area contributed by atoms with Gasteiger partial charge >= 0.3 is 0 Å². The quantitative estimate of drug-likeness (QED) is 0.832. The summed E-state index contributed by atoms with van der Waals surface area (Å²) in [4.78, 5) is 16.4. The van der Waals surface area contributed by atoms with Crippen LogP contribution in [0.4, 0.5) is 0 Å². The molecule has 2 aromatic rings. The summed E-state index contributed by atoms with van der Waals surface area (Å²) in [6, 6.07) is 8.10. The Bertz CT molecular complexity index is 705. The standard InChI is InChI=1S/C18H21NO2S/c1-4-5-9-19(3)18(20)15-10-13-11-21-14-8-6-7-12(2)16(14)17(13)22-15/h6-8,10H,4-5,9,11H2,1-3H3. The topological polar surface area (TPSA) is 29.5 Å². The first-order valence-corrected chi connectivity index (χ1v) is 8.54. The minimum absolute atomic E-state index is 0.114. The van der Waals surface area contributed by atoms with Gasteiger partial charge in [-0.3, -0.25) is 4.79 Å². The zero-order valence-electron chi connectivity index (χ0n) is 13.3. The van der Waals surface area contributed by atoms with Crippen LogP contribution in [0.25, 0.3) is 10.4 Å². The zero-order chi connectivity index (χ0) is 15.7. The highest BCUT2D eigenvalue weighted by molar-refractivity contribution is 7.17. The van der Waals surface area contributed by atoms with Crippen molar-refractivity contribution in [1.29, 1.82) is 0 Å². The fraction of sp³-hybridized carbons (Fsp3) is 0.389. The maximum atomic E-state index is 12.6. The molecular weight excluding hydrogens is 294 g/mol. The van der Waals surface area contributed by atoms with Crippen LogP contribution in [0.2, 0.25) is 0 Å². The average Bonchev–Trinajstić information content (AvgIpc) is 2.96. The van der Waals surface area contributed by atoms with Gasteiger partial charge in [-0.2, -0.15) is 0 Å². The van der Waals surface area contributed by atoms with Crippen molar-refractivity contribution in [2.45, 2.75) is 33.3 Å². The molecule has 1 aliphatic heterocycles. The van der Waals surface area contributed by atoms with Gasteiger partial charge in [0, 0.05) is 29.6 Å². The highest BCUT2D eigenvalue weighted by atomic mass is 32.1. The van der Waals surface area contributed by atoms with E-state index in [1.54, 1.807) is 11.3 Å². The van der Waals surface area contributed by atoms with Gasteiger partial charge in [0.05, 0.1) is 4.88 Å². The van der Waals surface area contributed by atoms with Crippen LogP contribution in [0.5, 0.6) is 5.75 Å². The van der Waals surface area contributed by atoms with Crippen molar-refractivity contribution in [3.63, 3.8) is 0 Å². The predicted molar refractivity (Wildman–Crippen MR) is 90.7 cm³/mol. The summed E-state index contributed by atoms with van der Waals surface area (Å²) < 4.78 is 5.83. The molecule has 1 aromatic heterocycles. The third-order valence-electron chi connectivity index (χ3n) is 4.06. The normalized spacial score (nSPS) is 12.3. The van der Waals surface area contributed by atoms with Crippen LogP contribution in [-0.2, 0) is 6.61 Å². The van der Waals surface area contributed by atoms with Gasteiger partial charge in [0.1, 0.15) is 12.4 Å². The molecule has 0 fully saturated rings. The number of thiophene rings is 1. The van der Waals surface area contributed by atoms with Gasteiger partial charge in [0.25, 0.3) is 5.91 Å². The lowest BCUT2D eigenvalue weighted by atomic mass is 10.0. The van der Waals surface area contributed by atoms with Crippen molar-refractivity contribution in [2.24, 2.45) is 0 Å². The molecule has 3 nitrogen and oxygen atoms in total. The number of carbonyl (C=O) groups is 1. The van der Waals surface area contributed by atoms with Gasteiger partial charge in [-0.25, -0.2) is 0 Å². The Morgan fingerprint density at radius 3 is 3.00 bits per heavy atom. The Morgan fingerprint density at radius 2 is 2.23 bits per heavy atom. The van der Waals surface area contributed by atoms with Gasteiger partial charge in [-0.15, -0.1) is 11.3 Å². The number of fused-ring (bicyclic) bond motifs is 3. The number of carbonyl (C=O) groups excluding carboxylic acids is 1. The van der Waals surface area contributed by atoms with Crippen molar-refractivity contribution >= 4 is 17.2 Å². The summed E-state index contributed by atoms with van der Waals surface area (Å²) in [7, 11) is 1.88. The van der Waals surface area contributed by atoms with Crippen LogP contribution in [0.3, 0.4) is 0 Å². The van der Waals surface area contributed by atoms with Crippen LogP contribution < -0.4 is 4.74 Å². The van der Waals surface area contributed by atoms with Gasteiger partial charge in [-0.1, -0.05) is 25.5 Å². The van der Waals surface area contributed by atoms with E-state index in [4.69, 9.17) is 4.74 Å². The smallest absolute Gasteiger partial charge is 0.263 e. The molecule has 0 unspecified atom stereocenters. The highest BCUT2D eigenvalue weighted by Crippen LogP contribution is 2.44. The van der Waals surface area contributed by atoms with Crippen molar-refractivity contribution < 1.29 is 9.53 Å². The minimum Gasteiger partial charge on any atom is -0.488 e. The summed E-state index contributed by atoms with van der Waals surface area (Å²) >= 11 is 1.59. The van der Waals surface area contributed by atoms with E-state index in [9.17, 15) is 4.79 Å². The highest BCUT2D eigenvalue weighted by Gasteiger charge is 2.24. The molecule has 116 valence electrons. The Balaban J connectivity index is 1.93. The molecule has 0 spiro atoms. The number of benzene rings is 1. The van der Waals surface area contributed by atoms with Crippen molar-refractivity contribution in [3.05, 3.63) is 40.3 Å². The molecule has 0 saturated carbocycles. The lowest BCUT2D eigenvalue weighted by Crippen LogP contribution is -2.26. The Labute approximate surface area is 135 Å². The number of unbranched alkanes of at least 4 members (excludes halogenated alkanes) is 1. The van der Waals surface area contributed by atoms with Crippen molar-refractivity contribution in [1.82, 2.24) is 4.90 Å². The summed E-state index contributed by atoms with van der Waals surface area (Å²) in [5.41, 5.74) is 3.46. The first-order valence-electron chi connectivity index (χ1n) is 7.72. The number of ether oxygens (including phenoxy) is 1. The van der Waals surface area contributed by atoms with E-state index < -0.39 is 0 Å². The van der Waals surface area contributed by atoms with E-state index in [0.29, 0.717) is 6.61 Å². The first-order chi connectivity index (χ1) is 10.6. The maximum Gasteiger partial charge on any atom is 0.263 e. The molecule has 0 saturated heterocycles. The molecule has 0 N–H and O–H groups in total. The molecule has 4 heteroatoms. The van der Waals surface area contributed by atoms with Crippen LogP contribution in [0.1, 0.15) is 40.6 Å². The summed E-state index contributed by atoms with van der Waals surface area (Å²) in [6.45, 7) is 5.59. The largest absolute Gasteiger partial charge is 0.488 e. The fourth-order valence-corrected chi connectivity index (χ4v) is 4.02. The van der Waals surface area contributed by atoms with Crippen LogP contribution >= 0.6 is 11.3 Å². The third-order valence-corrected chi connectivity index (χ3v) is 5.24. The summed E-state index contributed by atoms with van der Waals surface area (Å²) in [5, 5.41) is 0.